The zero-order chi connectivity index (χ0) is 18.0. The average molecular weight is 363 g/mol. The van der Waals surface area contributed by atoms with Crippen molar-refractivity contribution in [2.75, 3.05) is 23.9 Å². The van der Waals surface area contributed by atoms with Crippen LogP contribution in [0.1, 0.15) is 6.42 Å². The fourth-order valence-electron chi connectivity index (χ4n) is 2.71. The van der Waals surface area contributed by atoms with Crippen molar-refractivity contribution in [3.05, 3.63) is 53.3 Å². The van der Waals surface area contributed by atoms with Gasteiger partial charge in [0.05, 0.1) is 18.1 Å². The summed E-state index contributed by atoms with van der Waals surface area (Å²) >= 11 is 5.71. The van der Waals surface area contributed by atoms with Crippen LogP contribution in [0.5, 0.6) is 5.75 Å². The van der Waals surface area contributed by atoms with E-state index >= 15 is 0 Å². The lowest BCUT2D eigenvalue weighted by molar-refractivity contribution is -0.122. The fourth-order valence-corrected chi connectivity index (χ4v) is 2.89. The van der Waals surface area contributed by atoms with E-state index in [0.29, 0.717) is 17.1 Å². The van der Waals surface area contributed by atoms with Crippen molar-refractivity contribution in [3.63, 3.8) is 0 Å². The van der Waals surface area contributed by atoms with E-state index < -0.39 is 11.7 Å². The number of nitrogens with one attached hydrogen (secondary N) is 1. The number of benzene rings is 2. The number of hydrogen-bond donors (Lipinski definition) is 1. The zero-order valence-corrected chi connectivity index (χ0v) is 14.2. The maximum atomic E-state index is 13.2. The van der Waals surface area contributed by atoms with Crippen LogP contribution in [0.4, 0.5) is 15.8 Å². The Labute approximate surface area is 149 Å². The Kier molecular flexibility index (Phi) is 4.90. The van der Waals surface area contributed by atoms with E-state index in [-0.39, 0.29) is 29.8 Å². The lowest BCUT2D eigenvalue weighted by atomic mass is 10.1. The minimum absolute atomic E-state index is 0.0693. The summed E-state index contributed by atoms with van der Waals surface area (Å²) in [6.07, 6.45) is 0.118. The molecule has 0 unspecified atom stereocenters. The van der Waals surface area contributed by atoms with Gasteiger partial charge < -0.3 is 15.0 Å². The second-order valence-corrected chi connectivity index (χ2v) is 6.13. The van der Waals surface area contributed by atoms with Crippen molar-refractivity contribution < 1.29 is 18.7 Å². The summed E-state index contributed by atoms with van der Waals surface area (Å²) in [7, 11) is 1.57. The van der Waals surface area contributed by atoms with E-state index in [0.717, 1.165) is 0 Å². The molecule has 25 heavy (non-hydrogen) atoms. The number of nitrogens with zero attached hydrogens (tertiary/aromatic N) is 1. The molecule has 0 radical (unpaired) electrons. The summed E-state index contributed by atoms with van der Waals surface area (Å²) in [5.41, 5.74) is 1.11. The summed E-state index contributed by atoms with van der Waals surface area (Å²) in [4.78, 5) is 26.2. The molecule has 0 saturated carbocycles. The summed E-state index contributed by atoms with van der Waals surface area (Å²) in [5.74, 6) is -0.771. The zero-order valence-electron chi connectivity index (χ0n) is 13.5. The third kappa shape index (κ3) is 3.74. The monoisotopic (exact) mass is 362 g/mol. The number of anilines is 2. The number of methoxy groups -OCH3 is 1. The van der Waals surface area contributed by atoms with E-state index in [1.165, 1.54) is 18.2 Å². The Morgan fingerprint density at radius 1 is 1.28 bits per heavy atom. The van der Waals surface area contributed by atoms with E-state index in [9.17, 15) is 14.0 Å². The van der Waals surface area contributed by atoms with Crippen molar-refractivity contribution in [1.82, 2.24) is 0 Å². The van der Waals surface area contributed by atoms with Gasteiger partial charge in [-0.05, 0) is 42.5 Å². The molecule has 0 spiro atoms. The topological polar surface area (TPSA) is 58.6 Å². The number of amides is 2. The molecule has 1 aliphatic heterocycles. The second-order valence-electron chi connectivity index (χ2n) is 5.72. The Bertz CT molecular complexity index is 810. The Balaban J connectivity index is 1.68. The van der Waals surface area contributed by atoms with Gasteiger partial charge in [0.15, 0.2) is 0 Å². The average Bonchev–Trinajstić information content (AvgIpc) is 3.00. The number of carbonyl (C=O) groups is 2. The molecule has 1 N–H and O–H groups in total. The summed E-state index contributed by atoms with van der Waals surface area (Å²) in [5, 5.41) is 2.60. The van der Waals surface area contributed by atoms with Crippen LogP contribution in [-0.2, 0) is 9.59 Å². The van der Waals surface area contributed by atoms with Crippen molar-refractivity contribution >= 4 is 34.8 Å². The molecule has 1 fully saturated rings. The number of carbonyl (C=O) groups excluding carboxylic acids is 2. The van der Waals surface area contributed by atoms with Crippen LogP contribution in [0, 0.1) is 11.7 Å². The predicted octanol–water partition coefficient (Wildman–Crippen LogP) is 3.48. The van der Waals surface area contributed by atoms with E-state index in [1.807, 2.05) is 0 Å². The number of hydrogen-bond acceptors (Lipinski definition) is 3. The van der Waals surface area contributed by atoms with Crippen molar-refractivity contribution in [1.29, 1.82) is 0 Å². The van der Waals surface area contributed by atoms with Gasteiger partial charge >= 0.3 is 0 Å². The number of rotatable bonds is 4. The number of ether oxygens (including phenoxy) is 1. The van der Waals surface area contributed by atoms with Crippen LogP contribution < -0.4 is 15.0 Å². The molecule has 3 rings (SSSR count). The molecule has 1 aliphatic rings. The molecule has 2 amide bonds. The minimum Gasteiger partial charge on any atom is -0.497 e. The lowest BCUT2D eigenvalue weighted by Crippen LogP contribution is -2.28. The molecule has 1 heterocycles. The van der Waals surface area contributed by atoms with Crippen LogP contribution in [0.2, 0.25) is 5.02 Å². The van der Waals surface area contributed by atoms with E-state index in [1.54, 1.807) is 36.3 Å². The molecule has 0 aromatic heterocycles. The van der Waals surface area contributed by atoms with Crippen molar-refractivity contribution in [2.24, 2.45) is 5.92 Å². The molecular weight excluding hydrogens is 347 g/mol. The Morgan fingerprint density at radius 2 is 2.00 bits per heavy atom. The van der Waals surface area contributed by atoms with Crippen LogP contribution >= 0.6 is 11.6 Å². The maximum absolute atomic E-state index is 13.2. The summed E-state index contributed by atoms with van der Waals surface area (Å²) < 4.78 is 18.3. The van der Waals surface area contributed by atoms with Gasteiger partial charge in [-0.15, -0.1) is 0 Å². The molecule has 0 aliphatic carbocycles. The van der Waals surface area contributed by atoms with E-state index in [2.05, 4.69) is 5.32 Å². The van der Waals surface area contributed by atoms with Crippen LogP contribution in [-0.4, -0.2) is 25.5 Å². The summed E-state index contributed by atoms with van der Waals surface area (Å²) in [6.45, 7) is 0.284. The molecule has 2 aromatic rings. The molecule has 130 valence electrons. The first-order chi connectivity index (χ1) is 12.0. The van der Waals surface area contributed by atoms with Gasteiger partial charge in [-0.25, -0.2) is 4.39 Å². The van der Waals surface area contributed by atoms with Gasteiger partial charge in [0.25, 0.3) is 0 Å². The molecule has 0 bridgehead atoms. The van der Waals surface area contributed by atoms with Gasteiger partial charge in [-0.3, -0.25) is 9.59 Å². The second kappa shape index (κ2) is 7.11. The van der Waals surface area contributed by atoms with E-state index in [4.69, 9.17) is 16.3 Å². The van der Waals surface area contributed by atoms with Gasteiger partial charge in [-0.2, -0.15) is 0 Å². The first-order valence-corrected chi connectivity index (χ1v) is 8.06. The molecule has 7 heteroatoms. The standard InChI is InChI=1S/C18H16ClFN2O3/c1-25-14-5-3-13(4-6-14)22-10-11(8-17(22)23)18(24)21-12-2-7-16(20)15(19)9-12/h2-7,9,11H,8,10H2,1H3,(H,21,24)/t11-/m0/s1. The predicted molar refractivity (Wildman–Crippen MR) is 93.5 cm³/mol. The third-order valence-corrected chi connectivity index (χ3v) is 4.36. The molecule has 1 saturated heterocycles. The maximum Gasteiger partial charge on any atom is 0.229 e. The van der Waals surface area contributed by atoms with Crippen LogP contribution in [0.15, 0.2) is 42.5 Å². The Morgan fingerprint density at radius 3 is 2.64 bits per heavy atom. The van der Waals surface area contributed by atoms with Gasteiger partial charge in [-0.1, -0.05) is 11.6 Å². The van der Waals surface area contributed by atoms with Gasteiger partial charge in [0.2, 0.25) is 11.8 Å². The molecule has 1 atom stereocenters. The minimum atomic E-state index is -0.554. The van der Waals surface area contributed by atoms with Gasteiger partial charge in [0, 0.05) is 24.3 Å². The lowest BCUT2D eigenvalue weighted by Gasteiger charge is -2.17. The smallest absolute Gasteiger partial charge is 0.229 e. The van der Waals surface area contributed by atoms with Gasteiger partial charge in [0.1, 0.15) is 11.6 Å². The quantitative estimate of drug-likeness (QED) is 0.905. The normalized spacial score (nSPS) is 16.8. The van der Waals surface area contributed by atoms with Crippen molar-refractivity contribution in [3.8, 4) is 5.75 Å². The largest absolute Gasteiger partial charge is 0.497 e. The molecular formula is C18H16ClFN2O3. The molecule has 5 nitrogen and oxygen atoms in total. The highest BCUT2D eigenvalue weighted by Gasteiger charge is 2.35. The summed E-state index contributed by atoms with van der Waals surface area (Å²) in [6, 6.07) is 11.0. The first-order valence-electron chi connectivity index (χ1n) is 7.68. The Hall–Kier alpha value is -2.60. The number of halogens is 2. The van der Waals surface area contributed by atoms with Crippen molar-refractivity contribution in [2.45, 2.75) is 6.42 Å². The first kappa shape index (κ1) is 17.2. The highest BCUT2D eigenvalue weighted by atomic mass is 35.5. The van der Waals surface area contributed by atoms with Crippen LogP contribution in [0.3, 0.4) is 0 Å². The molecule has 2 aromatic carbocycles. The highest BCUT2D eigenvalue weighted by molar-refractivity contribution is 6.31. The van der Waals surface area contributed by atoms with Crippen LogP contribution in [0.25, 0.3) is 0 Å². The SMILES string of the molecule is COc1ccc(N2C[C@@H](C(=O)Nc3ccc(F)c(Cl)c3)CC2=O)cc1. The fraction of sp³-hybridized carbons (Fsp3) is 0.222. The highest BCUT2D eigenvalue weighted by Crippen LogP contribution is 2.28. The third-order valence-electron chi connectivity index (χ3n) is 4.07.